The Balaban J connectivity index is 1.75. The van der Waals surface area contributed by atoms with Gasteiger partial charge in [0.15, 0.2) is 0 Å². The number of ether oxygens (including phenoxy) is 1. The van der Waals surface area contributed by atoms with Gasteiger partial charge in [-0.3, -0.25) is 9.69 Å². The molecule has 0 unspecified atom stereocenters. The summed E-state index contributed by atoms with van der Waals surface area (Å²) in [6.07, 6.45) is -0.290. The van der Waals surface area contributed by atoms with E-state index in [0.717, 1.165) is 10.2 Å². The highest BCUT2D eigenvalue weighted by molar-refractivity contribution is 9.10. The maximum absolute atomic E-state index is 12.1. The second-order valence-corrected chi connectivity index (χ2v) is 7.71. The van der Waals surface area contributed by atoms with Crippen molar-refractivity contribution >= 4 is 33.6 Å². The van der Waals surface area contributed by atoms with E-state index in [-0.39, 0.29) is 12.0 Å². The number of nitrogens with zero attached hydrogens (tertiary/aromatic N) is 2. The Kier molecular flexibility index (Phi) is 6.23. The Morgan fingerprint density at radius 2 is 1.71 bits per heavy atom. The number of anilines is 1. The molecule has 0 saturated carbocycles. The van der Waals surface area contributed by atoms with Crippen LogP contribution in [0.2, 0.25) is 0 Å². The van der Waals surface area contributed by atoms with E-state index in [1.807, 2.05) is 49.9 Å². The van der Waals surface area contributed by atoms with Crippen molar-refractivity contribution in [3.63, 3.8) is 0 Å². The Morgan fingerprint density at radius 1 is 1.12 bits per heavy atom. The van der Waals surface area contributed by atoms with Gasteiger partial charge in [0, 0.05) is 36.3 Å². The number of hydrogen-bond donors (Lipinski definition) is 1. The summed E-state index contributed by atoms with van der Waals surface area (Å²) >= 11 is 3.36. The van der Waals surface area contributed by atoms with Gasteiger partial charge in [0.05, 0.1) is 6.54 Å². The van der Waals surface area contributed by atoms with E-state index >= 15 is 0 Å². The Labute approximate surface area is 151 Å². The summed E-state index contributed by atoms with van der Waals surface area (Å²) in [6.45, 7) is 8.34. The summed E-state index contributed by atoms with van der Waals surface area (Å²) in [5.74, 6) is -0.0527. The van der Waals surface area contributed by atoms with E-state index in [1.165, 1.54) is 0 Å². The van der Waals surface area contributed by atoms with E-state index in [4.69, 9.17) is 4.74 Å². The van der Waals surface area contributed by atoms with Crippen molar-refractivity contribution < 1.29 is 14.3 Å². The molecule has 7 heteroatoms. The number of amides is 2. The lowest BCUT2D eigenvalue weighted by molar-refractivity contribution is -0.117. The van der Waals surface area contributed by atoms with Crippen LogP contribution in [0.1, 0.15) is 20.8 Å². The van der Waals surface area contributed by atoms with Crippen LogP contribution in [0.3, 0.4) is 0 Å². The zero-order valence-electron chi connectivity index (χ0n) is 14.3. The minimum absolute atomic E-state index is 0.0527. The van der Waals surface area contributed by atoms with Crippen LogP contribution in [0.15, 0.2) is 28.7 Å². The highest BCUT2D eigenvalue weighted by Gasteiger charge is 2.26. The van der Waals surface area contributed by atoms with Crippen LogP contribution in [0, 0.1) is 0 Å². The van der Waals surface area contributed by atoms with Crippen LogP contribution in [-0.4, -0.2) is 60.1 Å². The molecular weight excluding hydrogens is 374 g/mol. The fraction of sp³-hybridized carbons (Fsp3) is 0.529. The lowest BCUT2D eigenvalue weighted by Crippen LogP contribution is -2.51. The maximum atomic E-state index is 12.1. The third-order valence-corrected chi connectivity index (χ3v) is 4.05. The molecule has 1 aromatic carbocycles. The van der Waals surface area contributed by atoms with Crippen LogP contribution in [0.5, 0.6) is 0 Å². The quantitative estimate of drug-likeness (QED) is 0.851. The van der Waals surface area contributed by atoms with Crippen molar-refractivity contribution in [3.8, 4) is 0 Å². The van der Waals surface area contributed by atoms with Crippen molar-refractivity contribution in [2.24, 2.45) is 0 Å². The van der Waals surface area contributed by atoms with Crippen molar-refractivity contribution in [1.29, 1.82) is 0 Å². The molecule has 1 saturated heterocycles. The highest BCUT2D eigenvalue weighted by atomic mass is 79.9. The second-order valence-electron chi connectivity index (χ2n) is 6.80. The average molecular weight is 398 g/mol. The average Bonchev–Trinajstić information content (AvgIpc) is 2.48. The minimum Gasteiger partial charge on any atom is -0.444 e. The molecule has 6 nitrogen and oxygen atoms in total. The fourth-order valence-corrected chi connectivity index (χ4v) is 2.62. The van der Waals surface area contributed by atoms with Crippen LogP contribution in [0.25, 0.3) is 0 Å². The normalized spacial score (nSPS) is 15.9. The molecule has 2 rings (SSSR count). The Morgan fingerprint density at radius 3 is 2.25 bits per heavy atom. The lowest BCUT2D eigenvalue weighted by atomic mass is 10.2. The number of rotatable bonds is 3. The smallest absolute Gasteiger partial charge is 0.410 e. The highest BCUT2D eigenvalue weighted by Crippen LogP contribution is 2.14. The molecule has 0 bridgehead atoms. The topological polar surface area (TPSA) is 61.9 Å². The van der Waals surface area contributed by atoms with Gasteiger partial charge >= 0.3 is 6.09 Å². The van der Waals surface area contributed by atoms with Crippen LogP contribution in [0.4, 0.5) is 10.5 Å². The van der Waals surface area contributed by atoms with Gasteiger partial charge in [-0.25, -0.2) is 4.79 Å². The number of piperazine rings is 1. The van der Waals surface area contributed by atoms with E-state index in [2.05, 4.69) is 21.2 Å². The summed E-state index contributed by atoms with van der Waals surface area (Å²) in [7, 11) is 0. The minimum atomic E-state index is -0.487. The van der Waals surface area contributed by atoms with Crippen LogP contribution >= 0.6 is 15.9 Å². The molecule has 0 aliphatic carbocycles. The SMILES string of the molecule is CC(C)(C)OC(=O)N1CCN(CC(=O)Nc2ccc(Br)cc2)CC1. The number of carbonyl (C=O) groups excluding carboxylic acids is 2. The number of hydrogen-bond acceptors (Lipinski definition) is 4. The van der Waals surface area contributed by atoms with Gasteiger partial charge in [0.2, 0.25) is 5.91 Å². The van der Waals surface area contributed by atoms with Crippen molar-refractivity contribution in [2.75, 3.05) is 38.0 Å². The molecule has 1 aliphatic heterocycles. The number of halogens is 1. The molecule has 1 N–H and O–H groups in total. The molecule has 0 radical (unpaired) electrons. The van der Waals surface area contributed by atoms with E-state index in [0.29, 0.717) is 32.7 Å². The summed E-state index contributed by atoms with van der Waals surface area (Å²) < 4.78 is 6.34. The van der Waals surface area contributed by atoms with E-state index in [9.17, 15) is 9.59 Å². The number of nitrogens with one attached hydrogen (secondary N) is 1. The lowest BCUT2D eigenvalue weighted by Gasteiger charge is -2.35. The second kappa shape index (κ2) is 7.98. The van der Waals surface area contributed by atoms with Gasteiger partial charge in [-0.05, 0) is 45.0 Å². The summed E-state index contributed by atoms with van der Waals surface area (Å²) in [5, 5.41) is 2.87. The summed E-state index contributed by atoms with van der Waals surface area (Å²) in [5.41, 5.74) is 0.286. The van der Waals surface area contributed by atoms with Crippen LogP contribution < -0.4 is 5.32 Å². The van der Waals surface area contributed by atoms with Gasteiger partial charge in [-0.1, -0.05) is 15.9 Å². The molecule has 1 aliphatic rings. The zero-order chi connectivity index (χ0) is 17.7. The first-order valence-corrected chi connectivity index (χ1v) is 8.78. The monoisotopic (exact) mass is 397 g/mol. The summed E-state index contributed by atoms with van der Waals surface area (Å²) in [4.78, 5) is 27.8. The van der Waals surface area contributed by atoms with E-state index in [1.54, 1.807) is 4.90 Å². The predicted octanol–water partition coefficient (Wildman–Crippen LogP) is 2.94. The summed E-state index contributed by atoms with van der Waals surface area (Å²) in [6, 6.07) is 7.47. The van der Waals surface area contributed by atoms with E-state index < -0.39 is 5.60 Å². The fourth-order valence-electron chi connectivity index (χ4n) is 2.35. The largest absolute Gasteiger partial charge is 0.444 e. The molecule has 1 heterocycles. The Hall–Kier alpha value is -1.60. The van der Waals surface area contributed by atoms with Gasteiger partial charge in [0.1, 0.15) is 5.60 Å². The number of carbonyl (C=O) groups is 2. The third-order valence-electron chi connectivity index (χ3n) is 3.52. The molecule has 1 aromatic rings. The zero-order valence-corrected chi connectivity index (χ0v) is 15.9. The van der Waals surface area contributed by atoms with Crippen molar-refractivity contribution in [1.82, 2.24) is 9.80 Å². The van der Waals surface area contributed by atoms with Crippen LogP contribution in [-0.2, 0) is 9.53 Å². The third kappa shape index (κ3) is 6.13. The predicted molar refractivity (Wildman–Crippen MR) is 97.0 cm³/mol. The molecule has 0 aromatic heterocycles. The molecule has 24 heavy (non-hydrogen) atoms. The molecule has 132 valence electrons. The number of benzene rings is 1. The van der Waals surface area contributed by atoms with Crippen molar-refractivity contribution in [3.05, 3.63) is 28.7 Å². The van der Waals surface area contributed by atoms with Gasteiger partial charge in [-0.2, -0.15) is 0 Å². The molecule has 0 atom stereocenters. The first-order chi connectivity index (χ1) is 11.2. The maximum Gasteiger partial charge on any atom is 0.410 e. The molecule has 0 spiro atoms. The first kappa shape index (κ1) is 18.7. The van der Waals surface area contributed by atoms with Crippen molar-refractivity contribution in [2.45, 2.75) is 26.4 Å². The van der Waals surface area contributed by atoms with Gasteiger partial charge < -0.3 is 15.0 Å². The first-order valence-electron chi connectivity index (χ1n) is 7.99. The van der Waals surface area contributed by atoms with Gasteiger partial charge in [-0.15, -0.1) is 0 Å². The molecule has 1 fully saturated rings. The molecule has 2 amide bonds. The molecular formula is C17H24BrN3O3. The standard InChI is InChI=1S/C17H24BrN3O3/c1-17(2,3)24-16(23)21-10-8-20(9-11-21)12-15(22)19-14-6-4-13(18)5-7-14/h4-7H,8-12H2,1-3H3,(H,19,22). The van der Waals surface area contributed by atoms with Gasteiger partial charge in [0.25, 0.3) is 0 Å². The Bertz CT molecular complexity index is 576.